The molecular formula is C10H15Cl2N3. The molecule has 0 saturated carbocycles. The Morgan fingerprint density at radius 1 is 1.53 bits per heavy atom. The Bertz CT molecular complexity index is 353. The molecule has 0 aromatic heterocycles. The van der Waals surface area contributed by atoms with Crippen LogP contribution in [0.5, 0.6) is 0 Å². The average molecular weight is 248 g/mol. The second-order valence-corrected chi connectivity index (χ2v) is 3.70. The lowest BCUT2D eigenvalue weighted by Gasteiger charge is -2.14. The molecule has 15 heavy (non-hydrogen) atoms. The Kier molecular flexibility index (Phi) is 5.47. The van der Waals surface area contributed by atoms with Crippen LogP contribution < -0.4 is 11.1 Å². The van der Waals surface area contributed by atoms with Gasteiger partial charge in [0.25, 0.3) is 0 Å². The highest BCUT2D eigenvalue weighted by Crippen LogP contribution is 2.20. The zero-order valence-corrected chi connectivity index (χ0v) is 10.2. The highest BCUT2D eigenvalue weighted by atomic mass is 35.5. The zero-order chi connectivity index (χ0) is 10.7. The fourth-order valence-electron chi connectivity index (χ4n) is 1.25. The molecule has 0 spiro atoms. The summed E-state index contributed by atoms with van der Waals surface area (Å²) in [5.74, 6) is -0.0231. The van der Waals surface area contributed by atoms with Gasteiger partial charge in [-0.05, 0) is 31.0 Å². The number of aryl methyl sites for hydroxylation is 1. The van der Waals surface area contributed by atoms with Gasteiger partial charge in [0, 0.05) is 5.02 Å². The van der Waals surface area contributed by atoms with Gasteiger partial charge in [-0.1, -0.05) is 23.7 Å². The molecule has 1 atom stereocenters. The third-order valence-electron chi connectivity index (χ3n) is 2.05. The lowest BCUT2D eigenvalue weighted by Crippen LogP contribution is -2.32. The molecule has 0 aliphatic heterocycles. The van der Waals surface area contributed by atoms with Crippen molar-refractivity contribution in [2.24, 2.45) is 5.73 Å². The van der Waals surface area contributed by atoms with Crippen molar-refractivity contribution in [3.8, 4) is 0 Å². The van der Waals surface area contributed by atoms with E-state index in [1.807, 2.05) is 32.0 Å². The van der Waals surface area contributed by atoms with Crippen LogP contribution in [-0.4, -0.2) is 5.96 Å². The number of nitrogens with one attached hydrogen (secondary N) is 2. The van der Waals surface area contributed by atoms with Crippen molar-refractivity contribution in [3.63, 3.8) is 0 Å². The Balaban J connectivity index is 0.00000196. The van der Waals surface area contributed by atoms with E-state index in [0.717, 1.165) is 16.1 Å². The Labute approximate surface area is 101 Å². The molecule has 0 aliphatic rings. The molecule has 1 aromatic rings. The van der Waals surface area contributed by atoms with Gasteiger partial charge in [-0.2, -0.15) is 0 Å². The number of guanidine groups is 1. The molecular weight excluding hydrogens is 233 g/mol. The number of nitrogens with two attached hydrogens (primary N) is 1. The summed E-state index contributed by atoms with van der Waals surface area (Å²) in [4.78, 5) is 0. The molecule has 0 aliphatic carbocycles. The van der Waals surface area contributed by atoms with E-state index in [4.69, 9.17) is 22.7 Å². The molecule has 0 bridgehead atoms. The van der Waals surface area contributed by atoms with Crippen molar-refractivity contribution in [3.05, 3.63) is 34.3 Å². The van der Waals surface area contributed by atoms with Gasteiger partial charge in [-0.3, -0.25) is 5.41 Å². The van der Waals surface area contributed by atoms with Gasteiger partial charge in [0.2, 0.25) is 0 Å². The minimum absolute atomic E-state index is 0. The lowest BCUT2D eigenvalue weighted by atomic mass is 10.1. The minimum Gasteiger partial charge on any atom is -0.370 e. The molecule has 0 heterocycles. The topological polar surface area (TPSA) is 61.9 Å². The normalized spacial score (nSPS) is 11.4. The lowest BCUT2D eigenvalue weighted by molar-refractivity contribution is 0.708. The van der Waals surface area contributed by atoms with Crippen LogP contribution in [0.3, 0.4) is 0 Å². The van der Waals surface area contributed by atoms with Crippen LogP contribution in [0.1, 0.15) is 24.1 Å². The predicted molar refractivity (Wildman–Crippen MR) is 66.9 cm³/mol. The van der Waals surface area contributed by atoms with Crippen LogP contribution in [0, 0.1) is 12.3 Å². The Hall–Kier alpha value is -0.930. The molecule has 4 N–H and O–H groups in total. The van der Waals surface area contributed by atoms with E-state index < -0.39 is 0 Å². The van der Waals surface area contributed by atoms with Gasteiger partial charge >= 0.3 is 0 Å². The molecule has 0 amide bonds. The number of benzene rings is 1. The van der Waals surface area contributed by atoms with E-state index in [1.54, 1.807) is 0 Å². The quantitative estimate of drug-likeness (QED) is 0.556. The summed E-state index contributed by atoms with van der Waals surface area (Å²) in [6.07, 6.45) is 0. The summed E-state index contributed by atoms with van der Waals surface area (Å²) in [6.45, 7) is 3.90. The van der Waals surface area contributed by atoms with Crippen molar-refractivity contribution in [1.29, 1.82) is 5.41 Å². The molecule has 0 saturated heterocycles. The average Bonchev–Trinajstić information content (AvgIpc) is 2.08. The molecule has 84 valence electrons. The van der Waals surface area contributed by atoms with Crippen molar-refractivity contribution in [1.82, 2.24) is 5.32 Å². The standard InChI is InChI=1S/C10H14ClN3.ClH/c1-6-5-8(3-4-9(6)11)7(2)14-10(12)13;/h3-5,7H,1-2H3,(H4,12,13,14);1H. The molecule has 1 rings (SSSR count). The number of hydrogen-bond acceptors (Lipinski definition) is 1. The van der Waals surface area contributed by atoms with Crippen LogP contribution in [0.4, 0.5) is 0 Å². The molecule has 0 radical (unpaired) electrons. The summed E-state index contributed by atoms with van der Waals surface area (Å²) in [5, 5.41) is 10.7. The van der Waals surface area contributed by atoms with Gasteiger partial charge in [-0.15, -0.1) is 12.4 Å². The molecule has 5 heteroatoms. The smallest absolute Gasteiger partial charge is 0.186 e. The minimum atomic E-state index is -0.0231. The van der Waals surface area contributed by atoms with Gasteiger partial charge in [0.05, 0.1) is 6.04 Å². The number of rotatable bonds is 2. The second kappa shape index (κ2) is 5.83. The first kappa shape index (κ1) is 14.1. The maximum atomic E-state index is 7.11. The first-order chi connectivity index (χ1) is 6.50. The monoisotopic (exact) mass is 247 g/mol. The molecule has 0 fully saturated rings. The third kappa shape index (κ3) is 3.98. The van der Waals surface area contributed by atoms with E-state index in [9.17, 15) is 0 Å². The third-order valence-corrected chi connectivity index (χ3v) is 2.48. The van der Waals surface area contributed by atoms with Crippen LogP contribution in [0.25, 0.3) is 0 Å². The maximum absolute atomic E-state index is 7.11. The van der Waals surface area contributed by atoms with E-state index in [1.165, 1.54) is 0 Å². The summed E-state index contributed by atoms with van der Waals surface area (Å²) in [6, 6.07) is 5.80. The highest BCUT2D eigenvalue weighted by Gasteiger charge is 2.06. The van der Waals surface area contributed by atoms with E-state index in [2.05, 4.69) is 5.32 Å². The highest BCUT2D eigenvalue weighted by molar-refractivity contribution is 6.31. The van der Waals surface area contributed by atoms with Crippen molar-refractivity contribution >= 4 is 30.0 Å². The number of hydrogen-bond donors (Lipinski definition) is 3. The van der Waals surface area contributed by atoms with Crippen molar-refractivity contribution < 1.29 is 0 Å². The van der Waals surface area contributed by atoms with Crippen LogP contribution in [0.15, 0.2) is 18.2 Å². The SMILES string of the molecule is Cc1cc(C(C)NC(=N)N)ccc1Cl.Cl. The Morgan fingerprint density at radius 3 is 2.60 bits per heavy atom. The summed E-state index contributed by atoms with van der Waals surface area (Å²) >= 11 is 5.90. The summed E-state index contributed by atoms with van der Waals surface area (Å²) in [7, 11) is 0. The van der Waals surface area contributed by atoms with Gasteiger partial charge in [0.1, 0.15) is 0 Å². The van der Waals surface area contributed by atoms with E-state index >= 15 is 0 Å². The van der Waals surface area contributed by atoms with Gasteiger partial charge in [-0.25, -0.2) is 0 Å². The predicted octanol–water partition coefficient (Wildman–Crippen LogP) is 2.61. The molecule has 1 unspecified atom stereocenters. The summed E-state index contributed by atoms with van der Waals surface area (Å²) < 4.78 is 0. The van der Waals surface area contributed by atoms with Crippen LogP contribution in [0.2, 0.25) is 5.02 Å². The van der Waals surface area contributed by atoms with Crippen LogP contribution in [-0.2, 0) is 0 Å². The van der Waals surface area contributed by atoms with Gasteiger partial charge < -0.3 is 11.1 Å². The van der Waals surface area contributed by atoms with E-state index in [0.29, 0.717) is 0 Å². The van der Waals surface area contributed by atoms with Crippen molar-refractivity contribution in [2.45, 2.75) is 19.9 Å². The van der Waals surface area contributed by atoms with E-state index in [-0.39, 0.29) is 24.4 Å². The maximum Gasteiger partial charge on any atom is 0.186 e. The van der Waals surface area contributed by atoms with Gasteiger partial charge in [0.15, 0.2) is 5.96 Å². The fraction of sp³-hybridized carbons (Fsp3) is 0.300. The largest absolute Gasteiger partial charge is 0.370 e. The summed E-state index contributed by atoms with van der Waals surface area (Å²) in [5.41, 5.74) is 7.35. The van der Waals surface area contributed by atoms with Crippen molar-refractivity contribution in [2.75, 3.05) is 0 Å². The fourth-order valence-corrected chi connectivity index (χ4v) is 1.37. The first-order valence-electron chi connectivity index (χ1n) is 4.37. The Morgan fingerprint density at radius 2 is 2.13 bits per heavy atom. The second-order valence-electron chi connectivity index (χ2n) is 3.29. The molecule has 3 nitrogen and oxygen atoms in total. The molecule has 1 aromatic carbocycles. The number of halogens is 2. The first-order valence-corrected chi connectivity index (χ1v) is 4.75. The zero-order valence-electron chi connectivity index (χ0n) is 8.67. The van der Waals surface area contributed by atoms with Crippen LogP contribution >= 0.6 is 24.0 Å².